The second-order valence-corrected chi connectivity index (χ2v) is 8.00. The molecule has 1 aliphatic heterocycles. The van der Waals surface area contributed by atoms with Gasteiger partial charge < -0.3 is 25.8 Å². The van der Waals surface area contributed by atoms with Crippen molar-refractivity contribution in [1.82, 2.24) is 20.3 Å². The van der Waals surface area contributed by atoms with Crippen LogP contribution in [-0.4, -0.2) is 54.0 Å². The number of nitrogens with one attached hydrogen (secondary N) is 2. The van der Waals surface area contributed by atoms with Gasteiger partial charge in [-0.15, -0.1) is 0 Å². The van der Waals surface area contributed by atoms with Crippen LogP contribution in [0.15, 0.2) is 28.5 Å². The molecule has 2 aromatic heterocycles. The fourth-order valence-corrected chi connectivity index (χ4v) is 3.46. The SMILES string of the molecule is COc1nc2c3c(nc(/C=C(/C(C)=C\C(N)=C\Cl)C(F)(F)F)c(F)c3n1)OC(C)CCNCCN2. The molecule has 0 saturated heterocycles. The molecule has 0 fully saturated rings. The molecule has 1 aliphatic rings. The standard InChI is InChI=1S/C22H25ClF4N6O2/c1-11(8-13(28)10-23)14(22(25,26)27)9-15-17(24)18-16-19(33-21(32-18)34-3)30-7-6-29-5-4-12(2)35-20(16)31-15/h8-10,12,29H,4-7,28H2,1-3H3,(H,30,32,33)/b11-8-,13-10-,14-9-. The summed E-state index contributed by atoms with van der Waals surface area (Å²) in [7, 11) is 1.30. The predicted molar refractivity (Wildman–Crippen MR) is 126 cm³/mol. The Morgan fingerprint density at radius 1 is 1.23 bits per heavy atom. The van der Waals surface area contributed by atoms with Gasteiger partial charge in [0.2, 0.25) is 5.88 Å². The van der Waals surface area contributed by atoms with Crippen LogP contribution in [0.1, 0.15) is 26.0 Å². The first-order valence-electron chi connectivity index (χ1n) is 10.6. The number of pyridine rings is 1. The molecule has 2 aromatic rings. The fourth-order valence-electron chi connectivity index (χ4n) is 3.40. The molecule has 0 spiro atoms. The molecular weight excluding hydrogens is 492 g/mol. The van der Waals surface area contributed by atoms with Crippen LogP contribution in [0.25, 0.3) is 17.0 Å². The molecule has 1 atom stereocenters. The summed E-state index contributed by atoms with van der Waals surface area (Å²) in [6.45, 7) is 4.61. The maximum absolute atomic E-state index is 15.6. The normalized spacial score (nSPS) is 18.5. The molecule has 190 valence electrons. The molecule has 8 nitrogen and oxygen atoms in total. The first-order chi connectivity index (χ1) is 16.5. The van der Waals surface area contributed by atoms with E-state index in [9.17, 15) is 13.2 Å². The van der Waals surface area contributed by atoms with E-state index in [0.29, 0.717) is 32.1 Å². The number of nitrogens with two attached hydrogens (primary N) is 1. The fraction of sp³-hybridized carbons (Fsp3) is 0.409. The van der Waals surface area contributed by atoms with Crippen molar-refractivity contribution in [3.8, 4) is 11.9 Å². The number of alkyl halides is 3. The minimum atomic E-state index is -4.84. The van der Waals surface area contributed by atoms with E-state index in [1.54, 1.807) is 6.92 Å². The van der Waals surface area contributed by atoms with Crippen molar-refractivity contribution in [1.29, 1.82) is 0 Å². The topological polar surface area (TPSA) is 107 Å². The highest BCUT2D eigenvalue weighted by Crippen LogP contribution is 2.37. The molecule has 0 radical (unpaired) electrons. The van der Waals surface area contributed by atoms with E-state index in [4.69, 9.17) is 26.8 Å². The van der Waals surface area contributed by atoms with Gasteiger partial charge >= 0.3 is 12.2 Å². The second-order valence-electron chi connectivity index (χ2n) is 7.78. The zero-order valence-electron chi connectivity index (χ0n) is 19.3. The minimum absolute atomic E-state index is 0.101. The predicted octanol–water partition coefficient (Wildman–Crippen LogP) is 4.28. The van der Waals surface area contributed by atoms with E-state index < -0.39 is 23.3 Å². The first kappa shape index (κ1) is 26.5. The van der Waals surface area contributed by atoms with E-state index in [0.717, 1.165) is 11.6 Å². The Labute approximate surface area is 204 Å². The summed E-state index contributed by atoms with van der Waals surface area (Å²) >= 11 is 5.48. The van der Waals surface area contributed by atoms with Crippen LogP contribution in [-0.2, 0) is 0 Å². The summed E-state index contributed by atoms with van der Waals surface area (Å²) in [6, 6.07) is -0.172. The Balaban J connectivity index is 2.33. The van der Waals surface area contributed by atoms with Crippen molar-refractivity contribution in [3.63, 3.8) is 0 Å². The molecule has 13 heteroatoms. The maximum Gasteiger partial charge on any atom is 0.416 e. The molecule has 0 amide bonds. The Morgan fingerprint density at radius 2 is 1.97 bits per heavy atom. The van der Waals surface area contributed by atoms with Crippen LogP contribution in [0.4, 0.5) is 23.4 Å². The van der Waals surface area contributed by atoms with Crippen molar-refractivity contribution in [2.24, 2.45) is 5.73 Å². The number of anilines is 1. The van der Waals surface area contributed by atoms with Gasteiger partial charge in [0.1, 0.15) is 22.4 Å². The van der Waals surface area contributed by atoms with Crippen molar-refractivity contribution in [2.75, 3.05) is 32.1 Å². The number of aromatic nitrogens is 3. The molecule has 4 N–H and O–H groups in total. The molecular formula is C22H25ClF4N6O2. The first-order valence-corrected chi connectivity index (χ1v) is 11.1. The lowest BCUT2D eigenvalue weighted by atomic mass is 10.0. The summed E-state index contributed by atoms with van der Waals surface area (Å²) in [6.07, 6.45) is -3.03. The Bertz CT molecular complexity index is 1180. The van der Waals surface area contributed by atoms with Gasteiger partial charge in [-0.3, -0.25) is 0 Å². The Hall–Kier alpha value is -3.12. The smallest absolute Gasteiger partial charge is 0.416 e. The van der Waals surface area contributed by atoms with Crippen LogP contribution in [0.2, 0.25) is 0 Å². The molecule has 3 heterocycles. The third kappa shape index (κ3) is 6.31. The number of halogens is 5. The summed E-state index contributed by atoms with van der Waals surface area (Å²) < 4.78 is 68.4. The van der Waals surface area contributed by atoms with Gasteiger partial charge in [-0.2, -0.15) is 23.1 Å². The Kier molecular flexibility index (Phi) is 8.39. The van der Waals surface area contributed by atoms with Gasteiger partial charge in [0.25, 0.3) is 0 Å². The van der Waals surface area contributed by atoms with E-state index in [1.807, 2.05) is 0 Å². The van der Waals surface area contributed by atoms with Crippen molar-refractivity contribution in [2.45, 2.75) is 32.5 Å². The largest absolute Gasteiger partial charge is 0.474 e. The van der Waals surface area contributed by atoms with Crippen molar-refractivity contribution >= 4 is 34.4 Å². The van der Waals surface area contributed by atoms with Gasteiger partial charge in [0.05, 0.1) is 18.8 Å². The van der Waals surface area contributed by atoms with Crippen LogP contribution in [0, 0.1) is 5.82 Å². The third-order valence-corrected chi connectivity index (χ3v) is 5.35. The number of hydrogen-bond donors (Lipinski definition) is 3. The molecule has 3 rings (SSSR count). The number of nitrogens with zero attached hydrogens (tertiary/aromatic N) is 3. The highest BCUT2D eigenvalue weighted by atomic mass is 35.5. The average Bonchev–Trinajstić information content (AvgIpc) is 2.83. The molecule has 0 aliphatic carbocycles. The summed E-state index contributed by atoms with van der Waals surface area (Å²) in [4.78, 5) is 12.4. The molecule has 0 saturated carbocycles. The lowest BCUT2D eigenvalue weighted by Gasteiger charge is -2.18. The zero-order valence-corrected chi connectivity index (χ0v) is 20.0. The highest BCUT2D eigenvalue weighted by molar-refractivity contribution is 6.25. The van der Waals surface area contributed by atoms with E-state index in [-0.39, 0.29) is 46.0 Å². The maximum atomic E-state index is 15.6. The van der Waals surface area contributed by atoms with E-state index in [2.05, 4.69) is 25.6 Å². The van der Waals surface area contributed by atoms with Crippen molar-refractivity contribution < 1.29 is 27.0 Å². The summed E-state index contributed by atoms with van der Waals surface area (Å²) in [5.41, 5.74) is 4.02. The lowest BCUT2D eigenvalue weighted by Crippen LogP contribution is -2.26. The van der Waals surface area contributed by atoms with Crippen LogP contribution in [0.5, 0.6) is 11.9 Å². The van der Waals surface area contributed by atoms with Gasteiger partial charge in [-0.25, -0.2) is 9.37 Å². The zero-order chi connectivity index (χ0) is 25.8. The summed E-state index contributed by atoms with van der Waals surface area (Å²) in [5.74, 6) is -1.01. The highest BCUT2D eigenvalue weighted by Gasteiger charge is 2.35. The molecule has 0 aromatic carbocycles. The number of ether oxygens (including phenoxy) is 2. The van der Waals surface area contributed by atoms with Crippen LogP contribution in [0.3, 0.4) is 0 Å². The van der Waals surface area contributed by atoms with Gasteiger partial charge in [0, 0.05) is 24.3 Å². The number of rotatable bonds is 4. The average molecular weight is 517 g/mol. The molecule has 1 unspecified atom stereocenters. The number of allylic oxidation sites excluding steroid dienone is 3. The van der Waals surface area contributed by atoms with Gasteiger partial charge in [0.15, 0.2) is 5.82 Å². The van der Waals surface area contributed by atoms with E-state index in [1.165, 1.54) is 14.0 Å². The monoisotopic (exact) mass is 516 g/mol. The van der Waals surface area contributed by atoms with Crippen molar-refractivity contribution in [3.05, 3.63) is 40.0 Å². The number of methoxy groups -OCH3 is 1. The number of hydrogen-bond acceptors (Lipinski definition) is 8. The second kappa shape index (κ2) is 11.1. The molecule has 35 heavy (non-hydrogen) atoms. The third-order valence-electron chi connectivity index (χ3n) is 5.09. The molecule has 0 bridgehead atoms. The quantitative estimate of drug-likeness (QED) is 0.408. The van der Waals surface area contributed by atoms with Crippen LogP contribution < -0.4 is 25.8 Å². The van der Waals surface area contributed by atoms with Gasteiger partial charge in [-0.1, -0.05) is 11.6 Å². The lowest BCUT2D eigenvalue weighted by molar-refractivity contribution is -0.0884. The van der Waals surface area contributed by atoms with E-state index >= 15 is 4.39 Å². The van der Waals surface area contributed by atoms with Gasteiger partial charge in [-0.05, 0) is 44.5 Å². The van der Waals surface area contributed by atoms with Crippen LogP contribution >= 0.6 is 11.6 Å². The summed E-state index contributed by atoms with van der Waals surface area (Å²) in [5, 5.41) is 6.38. The Morgan fingerprint density at radius 3 is 2.63 bits per heavy atom. The minimum Gasteiger partial charge on any atom is -0.474 e.